The number of thiazole rings is 1. The van der Waals surface area contributed by atoms with Crippen LogP contribution in [-0.2, 0) is 6.54 Å². The highest BCUT2D eigenvalue weighted by Gasteiger charge is 2.20. The van der Waals surface area contributed by atoms with Gasteiger partial charge in [0, 0.05) is 35.5 Å². The van der Waals surface area contributed by atoms with Gasteiger partial charge in [-0.15, -0.1) is 11.3 Å². The van der Waals surface area contributed by atoms with Crippen molar-refractivity contribution in [3.05, 3.63) is 40.3 Å². The molecule has 2 aromatic rings. The zero-order valence-electron chi connectivity index (χ0n) is 11.2. The van der Waals surface area contributed by atoms with E-state index in [0.29, 0.717) is 6.54 Å². The number of anilines is 2. The van der Waals surface area contributed by atoms with Crippen LogP contribution >= 0.6 is 11.3 Å². The summed E-state index contributed by atoms with van der Waals surface area (Å²) in [5, 5.41) is 7.23. The maximum Gasteiger partial charge on any atom is 0.321 e. The minimum atomic E-state index is -0.0224. The van der Waals surface area contributed by atoms with E-state index in [4.69, 9.17) is 0 Å². The quantitative estimate of drug-likeness (QED) is 0.909. The number of aryl methyl sites for hydroxylation is 1. The second-order valence-electron chi connectivity index (χ2n) is 4.63. The van der Waals surface area contributed by atoms with E-state index in [0.717, 1.165) is 29.5 Å². The van der Waals surface area contributed by atoms with Crippen LogP contribution in [0.15, 0.2) is 30.5 Å². The van der Waals surface area contributed by atoms with Crippen LogP contribution in [0.25, 0.3) is 0 Å². The number of nitrogens with one attached hydrogen (secondary N) is 2. The molecule has 2 amide bonds. The molecule has 0 unspecified atom stereocenters. The molecular weight excluding hydrogens is 272 g/mol. The minimum Gasteiger partial charge on any atom is -0.380 e. The number of urea groups is 1. The first-order valence-corrected chi connectivity index (χ1v) is 7.34. The van der Waals surface area contributed by atoms with E-state index in [2.05, 4.69) is 15.6 Å². The SMILES string of the molecule is Cc1ncc(CNc2ccc(N3CCNC3=O)cc2)s1. The van der Waals surface area contributed by atoms with Gasteiger partial charge in [-0.3, -0.25) is 4.90 Å². The number of carbonyl (C=O) groups is 1. The summed E-state index contributed by atoms with van der Waals surface area (Å²) in [5.74, 6) is 0. The summed E-state index contributed by atoms with van der Waals surface area (Å²) < 4.78 is 0. The zero-order chi connectivity index (χ0) is 13.9. The number of carbonyl (C=O) groups excluding carboxylic acids is 1. The summed E-state index contributed by atoms with van der Waals surface area (Å²) in [7, 11) is 0. The van der Waals surface area contributed by atoms with Gasteiger partial charge in [-0.25, -0.2) is 9.78 Å². The molecule has 0 radical (unpaired) electrons. The molecule has 6 heteroatoms. The molecule has 0 atom stereocenters. The smallest absolute Gasteiger partial charge is 0.321 e. The summed E-state index contributed by atoms with van der Waals surface area (Å²) in [6.07, 6.45) is 1.90. The van der Waals surface area contributed by atoms with Gasteiger partial charge in [0.2, 0.25) is 0 Å². The summed E-state index contributed by atoms with van der Waals surface area (Å²) in [6.45, 7) is 4.22. The van der Waals surface area contributed by atoms with Crippen LogP contribution in [0, 0.1) is 6.92 Å². The van der Waals surface area contributed by atoms with Crippen LogP contribution in [-0.4, -0.2) is 24.1 Å². The van der Waals surface area contributed by atoms with Crippen molar-refractivity contribution in [2.45, 2.75) is 13.5 Å². The van der Waals surface area contributed by atoms with E-state index in [1.807, 2.05) is 37.4 Å². The number of benzene rings is 1. The Morgan fingerprint density at radius 1 is 1.40 bits per heavy atom. The Morgan fingerprint density at radius 3 is 2.80 bits per heavy atom. The fraction of sp³-hybridized carbons (Fsp3) is 0.286. The maximum atomic E-state index is 11.6. The topological polar surface area (TPSA) is 57.3 Å². The Morgan fingerprint density at radius 2 is 2.20 bits per heavy atom. The lowest BCUT2D eigenvalue weighted by Gasteiger charge is -2.14. The number of amides is 2. The van der Waals surface area contributed by atoms with Gasteiger partial charge in [0.25, 0.3) is 0 Å². The van der Waals surface area contributed by atoms with Crippen molar-refractivity contribution >= 4 is 28.7 Å². The van der Waals surface area contributed by atoms with Gasteiger partial charge in [-0.1, -0.05) is 0 Å². The predicted octanol–water partition coefficient (Wildman–Crippen LogP) is 2.59. The molecule has 1 saturated heterocycles. The van der Waals surface area contributed by atoms with E-state index >= 15 is 0 Å². The van der Waals surface area contributed by atoms with Crippen LogP contribution in [0.5, 0.6) is 0 Å². The van der Waals surface area contributed by atoms with E-state index in [1.54, 1.807) is 16.2 Å². The molecular formula is C14H16N4OS. The molecule has 1 aromatic heterocycles. The fourth-order valence-corrected chi connectivity index (χ4v) is 2.89. The summed E-state index contributed by atoms with van der Waals surface area (Å²) >= 11 is 1.70. The van der Waals surface area contributed by atoms with Gasteiger partial charge < -0.3 is 10.6 Å². The number of hydrogen-bond acceptors (Lipinski definition) is 4. The molecule has 2 N–H and O–H groups in total. The van der Waals surface area contributed by atoms with Gasteiger partial charge in [-0.05, 0) is 31.2 Å². The molecule has 20 heavy (non-hydrogen) atoms. The van der Waals surface area contributed by atoms with E-state index < -0.39 is 0 Å². The lowest BCUT2D eigenvalue weighted by Crippen LogP contribution is -2.27. The van der Waals surface area contributed by atoms with Crippen LogP contribution in [0.3, 0.4) is 0 Å². The van der Waals surface area contributed by atoms with Crippen molar-refractivity contribution in [2.24, 2.45) is 0 Å². The van der Waals surface area contributed by atoms with Crippen molar-refractivity contribution in [2.75, 3.05) is 23.3 Å². The monoisotopic (exact) mass is 288 g/mol. The molecule has 2 heterocycles. The molecule has 1 aliphatic heterocycles. The molecule has 1 aliphatic rings. The summed E-state index contributed by atoms with van der Waals surface area (Å²) in [5.41, 5.74) is 1.97. The largest absolute Gasteiger partial charge is 0.380 e. The van der Waals surface area contributed by atoms with Gasteiger partial charge in [-0.2, -0.15) is 0 Å². The zero-order valence-corrected chi connectivity index (χ0v) is 12.0. The number of nitrogens with zero attached hydrogens (tertiary/aromatic N) is 2. The molecule has 0 aliphatic carbocycles. The summed E-state index contributed by atoms with van der Waals surface area (Å²) in [6, 6.07) is 7.89. The van der Waals surface area contributed by atoms with Crippen LogP contribution in [0.2, 0.25) is 0 Å². The maximum absolute atomic E-state index is 11.6. The number of rotatable bonds is 4. The van der Waals surface area contributed by atoms with Gasteiger partial charge in [0.15, 0.2) is 0 Å². The minimum absolute atomic E-state index is 0.0224. The first-order chi connectivity index (χ1) is 9.72. The first-order valence-electron chi connectivity index (χ1n) is 6.53. The molecule has 0 saturated carbocycles. The van der Waals surface area contributed by atoms with Crippen molar-refractivity contribution in [1.82, 2.24) is 10.3 Å². The van der Waals surface area contributed by atoms with Crippen LogP contribution in [0.4, 0.5) is 16.2 Å². The highest BCUT2D eigenvalue weighted by atomic mass is 32.1. The van der Waals surface area contributed by atoms with E-state index in [1.165, 1.54) is 4.88 Å². The number of hydrogen-bond donors (Lipinski definition) is 2. The third-order valence-corrected chi connectivity index (χ3v) is 4.08. The standard InChI is InChI=1S/C14H16N4OS/c1-10-16-8-13(20-10)9-17-11-2-4-12(5-3-11)18-7-6-15-14(18)19/h2-5,8,17H,6-7,9H2,1H3,(H,15,19). The third kappa shape index (κ3) is 2.75. The van der Waals surface area contributed by atoms with Crippen molar-refractivity contribution < 1.29 is 4.79 Å². The average molecular weight is 288 g/mol. The normalized spacial score (nSPS) is 14.4. The summed E-state index contributed by atoms with van der Waals surface area (Å²) in [4.78, 5) is 18.8. The molecule has 1 aromatic carbocycles. The van der Waals surface area contributed by atoms with E-state index in [9.17, 15) is 4.79 Å². The Balaban J connectivity index is 1.62. The molecule has 0 bridgehead atoms. The molecule has 0 spiro atoms. The van der Waals surface area contributed by atoms with Crippen molar-refractivity contribution in [3.8, 4) is 0 Å². The molecule has 3 rings (SSSR count). The van der Waals surface area contributed by atoms with Gasteiger partial charge in [0.05, 0.1) is 11.6 Å². The fourth-order valence-electron chi connectivity index (χ4n) is 2.15. The second-order valence-corrected chi connectivity index (χ2v) is 5.95. The number of aromatic nitrogens is 1. The molecule has 5 nitrogen and oxygen atoms in total. The van der Waals surface area contributed by atoms with Crippen molar-refractivity contribution in [3.63, 3.8) is 0 Å². The highest BCUT2D eigenvalue weighted by molar-refractivity contribution is 7.11. The first kappa shape index (κ1) is 12.9. The lowest BCUT2D eigenvalue weighted by molar-refractivity contribution is 0.252. The van der Waals surface area contributed by atoms with Crippen molar-refractivity contribution in [1.29, 1.82) is 0 Å². The lowest BCUT2D eigenvalue weighted by atomic mass is 10.2. The van der Waals surface area contributed by atoms with Gasteiger partial charge >= 0.3 is 6.03 Å². The average Bonchev–Trinajstić information content (AvgIpc) is 3.06. The Bertz CT molecular complexity index is 608. The van der Waals surface area contributed by atoms with Gasteiger partial charge in [0.1, 0.15) is 0 Å². The third-order valence-electron chi connectivity index (χ3n) is 3.17. The Labute approximate surface area is 121 Å². The van der Waals surface area contributed by atoms with Crippen LogP contribution < -0.4 is 15.5 Å². The predicted molar refractivity (Wildman–Crippen MR) is 81.4 cm³/mol. The molecule has 104 valence electrons. The molecule has 1 fully saturated rings. The highest BCUT2D eigenvalue weighted by Crippen LogP contribution is 2.20. The Hall–Kier alpha value is -2.08. The Kier molecular flexibility index (Phi) is 3.56. The second kappa shape index (κ2) is 5.50. The van der Waals surface area contributed by atoms with E-state index in [-0.39, 0.29) is 6.03 Å². The van der Waals surface area contributed by atoms with Crippen LogP contribution in [0.1, 0.15) is 9.88 Å².